The van der Waals surface area contributed by atoms with Crippen molar-refractivity contribution in [1.82, 2.24) is 10.2 Å². The molecule has 0 heterocycles. The second kappa shape index (κ2) is 13.8. The molecular formula is C28H30Cl2FN3O4S. The highest BCUT2D eigenvalue weighted by Gasteiger charge is 2.33. The van der Waals surface area contributed by atoms with Crippen molar-refractivity contribution < 1.29 is 22.4 Å². The molecule has 3 aromatic rings. The third kappa shape index (κ3) is 7.71. The minimum atomic E-state index is -4.35. The van der Waals surface area contributed by atoms with E-state index in [4.69, 9.17) is 23.2 Å². The predicted molar refractivity (Wildman–Crippen MR) is 152 cm³/mol. The van der Waals surface area contributed by atoms with Gasteiger partial charge in [0.25, 0.3) is 10.0 Å². The van der Waals surface area contributed by atoms with E-state index in [-0.39, 0.29) is 22.2 Å². The maximum atomic E-state index is 14.9. The van der Waals surface area contributed by atoms with E-state index in [0.29, 0.717) is 17.1 Å². The molecule has 208 valence electrons. The number of hydrogen-bond donors (Lipinski definition) is 1. The van der Waals surface area contributed by atoms with E-state index < -0.39 is 40.2 Å². The van der Waals surface area contributed by atoms with Crippen LogP contribution >= 0.6 is 23.2 Å². The predicted octanol–water partition coefficient (Wildman–Crippen LogP) is 5.66. The Kier molecular flexibility index (Phi) is 10.7. The van der Waals surface area contributed by atoms with Crippen LogP contribution in [0, 0.1) is 5.82 Å². The smallest absolute Gasteiger partial charge is 0.264 e. The molecule has 2 amide bonds. The van der Waals surface area contributed by atoms with Crippen LogP contribution in [0.4, 0.5) is 10.1 Å². The first-order valence-corrected chi connectivity index (χ1v) is 14.6. The molecule has 0 spiro atoms. The van der Waals surface area contributed by atoms with Crippen LogP contribution in [0.5, 0.6) is 0 Å². The Morgan fingerprint density at radius 3 is 2.28 bits per heavy atom. The Hall–Kier alpha value is -3.14. The van der Waals surface area contributed by atoms with E-state index in [1.54, 1.807) is 31.2 Å². The van der Waals surface area contributed by atoms with Crippen molar-refractivity contribution in [3.8, 4) is 0 Å². The summed E-state index contributed by atoms with van der Waals surface area (Å²) in [5.74, 6) is -1.92. The first-order valence-electron chi connectivity index (χ1n) is 12.4. The van der Waals surface area contributed by atoms with E-state index in [9.17, 15) is 22.4 Å². The van der Waals surface area contributed by atoms with Crippen molar-refractivity contribution in [2.75, 3.05) is 17.4 Å². The maximum Gasteiger partial charge on any atom is 0.264 e. The number of halogens is 3. The van der Waals surface area contributed by atoms with E-state index in [0.717, 1.165) is 23.2 Å². The van der Waals surface area contributed by atoms with Gasteiger partial charge in [-0.3, -0.25) is 13.9 Å². The van der Waals surface area contributed by atoms with Gasteiger partial charge < -0.3 is 10.2 Å². The summed E-state index contributed by atoms with van der Waals surface area (Å²) in [5.41, 5.74) is 0.290. The lowest BCUT2D eigenvalue weighted by molar-refractivity contribution is -0.139. The average molecular weight is 595 g/mol. The maximum absolute atomic E-state index is 14.9. The van der Waals surface area contributed by atoms with Crippen molar-refractivity contribution in [3.05, 3.63) is 94.2 Å². The topological polar surface area (TPSA) is 86.8 Å². The number of nitrogens with one attached hydrogen (secondary N) is 1. The van der Waals surface area contributed by atoms with Crippen LogP contribution in [0.2, 0.25) is 10.0 Å². The summed E-state index contributed by atoms with van der Waals surface area (Å²) in [6.45, 7) is 3.16. The van der Waals surface area contributed by atoms with Gasteiger partial charge in [0.05, 0.1) is 20.6 Å². The standard InChI is InChI=1S/C28H30Cl2FN3O4S/c1-3-4-16-32-28(36)20(2)33(18-21-14-15-23(29)24(30)17-21)27(35)19-34(26-13-9-8-12-25(26)31)39(37,38)22-10-6-5-7-11-22/h5-15,17,20H,3-4,16,18-19H2,1-2H3,(H,32,36). The van der Waals surface area contributed by atoms with Gasteiger partial charge in [-0.15, -0.1) is 0 Å². The molecule has 3 rings (SSSR count). The number of para-hydroxylation sites is 1. The molecule has 0 aliphatic rings. The molecule has 39 heavy (non-hydrogen) atoms. The molecule has 0 aromatic heterocycles. The van der Waals surface area contributed by atoms with Gasteiger partial charge in [-0.2, -0.15) is 0 Å². The van der Waals surface area contributed by atoms with Crippen molar-refractivity contribution in [1.29, 1.82) is 0 Å². The number of carbonyl (C=O) groups excluding carboxylic acids is 2. The summed E-state index contributed by atoms with van der Waals surface area (Å²) in [6, 6.07) is 16.6. The van der Waals surface area contributed by atoms with Crippen molar-refractivity contribution >= 4 is 50.7 Å². The minimum Gasteiger partial charge on any atom is -0.354 e. The van der Waals surface area contributed by atoms with Crippen LogP contribution in [0.1, 0.15) is 32.3 Å². The molecule has 0 radical (unpaired) electrons. The highest BCUT2D eigenvalue weighted by atomic mass is 35.5. The highest BCUT2D eigenvalue weighted by molar-refractivity contribution is 7.92. The fourth-order valence-electron chi connectivity index (χ4n) is 3.84. The second-order valence-electron chi connectivity index (χ2n) is 8.87. The van der Waals surface area contributed by atoms with Crippen LogP contribution in [-0.2, 0) is 26.2 Å². The number of carbonyl (C=O) groups is 2. The number of anilines is 1. The van der Waals surface area contributed by atoms with E-state index in [1.807, 2.05) is 6.92 Å². The van der Waals surface area contributed by atoms with Crippen LogP contribution < -0.4 is 9.62 Å². The third-order valence-corrected chi connectivity index (χ3v) is 8.58. The summed E-state index contributed by atoms with van der Waals surface area (Å²) in [4.78, 5) is 27.9. The van der Waals surface area contributed by atoms with E-state index >= 15 is 0 Å². The number of nitrogens with zero attached hydrogens (tertiary/aromatic N) is 2. The highest BCUT2D eigenvalue weighted by Crippen LogP contribution is 2.27. The Morgan fingerprint density at radius 1 is 0.974 bits per heavy atom. The molecule has 1 N–H and O–H groups in total. The quantitative estimate of drug-likeness (QED) is 0.274. The Bertz CT molecular complexity index is 1410. The van der Waals surface area contributed by atoms with Gasteiger partial charge in [0.2, 0.25) is 11.8 Å². The zero-order chi connectivity index (χ0) is 28.6. The summed E-state index contributed by atoms with van der Waals surface area (Å²) in [6.07, 6.45) is 1.63. The van der Waals surface area contributed by atoms with Crippen molar-refractivity contribution in [2.45, 2.75) is 44.2 Å². The van der Waals surface area contributed by atoms with Crippen LogP contribution in [0.3, 0.4) is 0 Å². The van der Waals surface area contributed by atoms with Crippen LogP contribution in [0.15, 0.2) is 77.7 Å². The lowest BCUT2D eigenvalue weighted by Crippen LogP contribution is -2.51. The molecule has 3 aromatic carbocycles. The zero-order valence-corrected chi connectivity index (χ0v) is 23.9. The molecule has 1 unspecified atom stereocenters. The molecule has 0 saturated heterocycles. The average Bonchev–Trinajstić information content (AvgIpc) is 2.92. The Morgan fingerprint density at radius 2 is 1.64 bits per heavy atom. The summed E-state index contributed by atoms with van der Waals surface area (Å²) in [7, 11) is -4.35. The van der Waals surface area contributed by atoms with Gasteiger partial charge in [0, 0.05) is 13.1 Å². The molecule has 0 saturated carbocycles. The number of benzene rings is 3. The normalized spacial score (nSPS) is 12.0. The van der Waals surface area contributed by atoms with Crippen LogP contribution in [0.25, 0.3) is 0 Å². The Balaban J connectivity index is 2.01. The molecule has 0 aliphatic carbocycles. The van der Waals surface area contributed by atoms with E-state index in [2.05, 4.69) is 5.32 Å². The number of unbranched alkanes of at least 4 members (excludes halogenated alkanes) is 1. The first kappa shape index (κ1) is 30.4. The molecular weight excluding hydrogens is 564 g/mol. The number of rotatable bonds is 12. The lowest BCUT2D eigenvalue weighted by Gasteiger charge is -2.32. The van der Waals surface area contributed by atoms with Gasteiger partial charge in [0.15, 0.2) is 0 Å². The summed E-state index contributed by atoms with van der Waals surface area (Å²) < 4.78 is 42.9. The van der Waals surface area contributed by atoms with Crippen LogP contribution in [-0.4, -0.2) is 44.3 Å². The summed E-state index contributed by atoms with van der Waals surface area (Å²) >= 11 is 12.2. The minimum absolute atomic E-state index is 0.0609. The molecule has 0 fully saturated rings. The SMILES string of the molecule is CCCCNC(=O)C(C)N(Cc1ccc(Cl)c(Cl)c1)C(=O)CN(c1ccccc1F)S(=O)(=O)c1ccccc1. The third-order valence-electron chi connectivity index (χ3n) is 6.07. The number of hydrogen-bond acceptors (Lipinski definition) is 4. The molecule has 11 heteroatoms. The van der Waals surface area contributed by atoms with Crippen molar-refractivity contribution in [3.63, 3.8) is 0 Å². The molecule has 0 bridgehead atoms. The fraction of sp³-hybridized carbons (Fsp3) is 0.286. The molecule has 1 atom stereocenters. The van der Waals surface area contributed by atoms with Gasteiger partial charge in [-0.25, -0.2) is 12.8 Å². The lowest BCUT2D eigenvalue weighted by atomic mass is 10.1. The first-order chi connectivity index (χ1) is 18.6. The van der Waals surface area contributed by atoms with Crippen molar-refractivity contribution in [2.24, 2.45) is 0 Å². The summed E-state index contributed by atoms with van der Waals surface area (Å²) in [5, 5.41) is 3.39. The molecule has 0 aliphatic heterocycles. The largest absolute Gasteiger partial charge is 0.354 e. The van der Waals surface area contributed by atoms with Gasteiger partial charge in [-0.05, 0) is 55.3 Å². The fourth-order valence-corrected chi connectivity index (χ4v) is 5.60. The monoisotopic (exact) mass is 593 g/mol. The zero-order valence-electron chi connectivity index (χ0n) is 21.6. The molecule has 7 nitrogen and oxygen atoms in total. The van der Waals surface area contributed by atoms with Gasteiger partial charge in [-0.1, -0.05) is 72.9 Å². The van der Waals surface area contributed by atoms with Gasteiger partial charge >= 0.3 is 0 Å². The number of amides is 2. The van der Waals surface area contributed by atoms with Gasteiger partial charge in [0.1, 0.15) is 18.4 Å². The Labute approximate surface area is 238 Å². The van der Waals surface area contributed by atoms with E-state index in [1.165, 1.54) is 47.4 Å². The second-order valence-corrected chi connectivity index (χ2v) is 11.5. The number of sulfonamides is 1.